The van der Waals surface area contributed by atoms with Crippen molar-refractivity contribution in [2.24, 2.45) is 0 Å². The summed E-state index contributed by atoms with van der Waals surface area (Å²) in [5.41, 5.74) is 3.38. The van der Waals surface area contributed by atoms with Crippen LogP contribution >= 0.6 is 0 Å². The van der Waals surface area contributed by atoms with Gasteiger partial charge in [-0.3, -0.25) is 4.79 Å². The predicted molar refractivity (Wildman–Crippen MR) is 71.7 cm³/mol. The van der Waals surface area contributed by atoms with Gasteiger partial charge < -0.3 is 10.0 Å². The molecule has 1 N–H and O–H groups in total. The Labute approximate surface area is 108 Å². The molecule has 1 aliphatic carbocycles. The van der Waals surface area contributed by atoms with Crippen LogP contribution in [-0.4, -0.2) is 36.1 Å². The number of likely N-dealkylation sites (N-methyl/N-ethyl adjacent to an activating group) is 1. The molecule has 0 heterocycles. The number of aliphatic hydroxyl groups is 1. The summed E-state index contributed by atoms with van der Waals surface area (Å²) < 4.78 is 0. The maximum Gasteiger partial charge on any atom is 0.253 e. The van der Waals surface area contributed by atoms with Crippen molar-refractivity contribution >= 4 is 5.91 Å². The highest BCUT2D eigenvalue weighted by Gasteiger charge is 2.18. The molecule has 1 aliphatic rings. The van der Waals surface area contributed by atoms with Crippen molar-refractivity contribution in [1.29, 1.82) is 0 Å². The highest BCUT2D eigenvalue weighted by molar-refractivity contribution is 5.96. The second-order valence-corrected chi connectivity index (χ2v) is 4.95. The Balaban J connectivity index is 2.30. The van der Waals surface area contributed by atoms with Crippen LogP contribution in [0.5, 0.6) is 0 Å². The van der Waals surface area contributed by atoms with Gasteiger partial charge >= 0.3 is 0 Å². The summed E-state index contributed by atoms with van der Waals surface area (Å²) in [5, 5.41) is 8.92. The molecule has 0 fully saturated rings. The number of carbonyl (C=O) groups is 1. The summed E-state index contributed by atoms with van der Waals surface area (Å²) in [6.07, 6.45) is 5.72. The van der Waals surface area contributed by atoms with Crippen molar-refractivity contribution in [2.45, 2.75) is 32.1 Å². The molecule has 0 saturated heterocycles. The SMILES string of the molecule is CN(CCO)C(=O)c1cccc2c1CCCCC2. The number of hydrogen-bond acceptors (Lipinski definition) is 2. The van der Waals surface area contributed by atoms with Crippen molar-refractivity contribution in [3.8, 4) is 0 Å². The van der Waals surface area contributed by atoms with Gasteiger partial charge in [-0.05, 0) is 42.9 Å². The molecule has 18 heavy (non-hydrogen) atoms. The monoisotopic (exact) mass is 247 g/mol. The highest BCUT2D eigenvalue weighted by Crippen LogP contribution is 2.24. The topological polar surface area (TPSA) is 40.5 Å². The summed E-state index contributed by atoms with van der Waals surface area (Å²) >= 11 is 0. The third-order valence-corrected chi connectivity index (χ3v) is 3.66. The van der Waals surface area contributed by atoms with E-state index in [1.165, 1.54) is 30.4 Å². The molecule has 3 heteroatoms. The van der Waals surface area contributed by atoms with Crippen LogP contribution < -0.4 is 0 Å². The Morgan fingerprint density at radius 2 is 2.06 bits per heavy atom. The van der Waals surface area contributed by atoms with Gasteiger partial charge in [-0.25, -0.2) is 0 Å². The van der Waals surface area contributed by atoms with Crippen molar-refractivity contribution in [2.75, 3.05) is 20.2 Å². The van der Waals surface area contributed by atoms with Crippen LogP contribution in [0.15, 0.2) is 18.2 Å². The zero-order chi connectivity index (χ0) is 13.0. The number of hydrogen-bond donors (Lipinski definition) is 1. The minimum atomic E-state index is 0.0112. The number of fused-ring (bicyclic) bond motifs is 1. The first kappa shape index (κ1) is 13.1. The Morgan fingerprint density at radius 1 is 1.28 bits per heavy atom. The fraction of sp³-hybridized carbons (Fsp3) is 0.533. The molecule has 1 aromatic carbocycles. The van der Waals surface area contributed by atoms with E-state index in [0.717, 1.165) is 18.4 Å². The molecule has 0 bridgehead atoms. The lowest BCUT2D eigenvalue weighted by Crippen LogP contribution is -2.30. The first-order valence-electron chi connectivity index (χ1n) is 6.71. The second kappa shape index (κ2) is 6.01. The van der Waals surface area contributed by atoms with Gasteiger partial charge in [0.2, 0.25) is 0 Å². The van der Waals surface area contributed by atoms with Crippen LogP contribution in [0.1, 0.15) is 40.7 Å². The van der Waals surface area contributed by atoms with Crippen LogP contribution in [0.2, 0.25) is 0 Å². The van der Waals surface area contributed by atoms with Crippen molar-refractivity contribution in [3.05, 3.63) is 34.9 Å². The lowest BCUT2D eigenvalue weighted by Gasteiger charge is -2.19. The number of nitrogens with zero attached hydrogens (tertiary/aromatic N) is 1. The van der Waals surface area contributed by atoms with E-state index in [4.69, 9.17) is 5.11 Å². The Kier molecular flexibility index (Phi) is 4.37. The van der Waals surface area contributed by atoms with Crippen LogP contribution in [0.25, 0.3) is 0 Å². The first-order chi connectivity index (χ1) is 8.74. The third-order valence-electron chi connectivity index (χ3n) is 3.66. The van der Waals surface area contributed by atoms with E-state index < -0.39 is 0 Å². The largest absolute Gasteiger partial charge is 0.395 e. The Hall–Kier alpha value is -1.35. The van der Waals surface area contributed by atoms with E-state index in [-0.39, 0.29) is 12.5 Å². The molecular formula is C15H21NO2. The highest BCUT2D eigenvalue weighted by atomic mass is 16.3. The molecule has 0 aliphatic heterocycles. The average molecular weight is 247 g/mol. The molecule has 0 unspecified atom stereocenters. The fourth-order valence-corrected chi connectivity index (χ4v) is 2.62. The average Bonchev–Trinajstić information content (AvgIpc) is 2.62. The molecule has 0 atom stereocenters. The molecule has 98 valence electrons. The van der Waals surface area contributed by atoms with Crippen LogP contribution in [0.4, 0.5) is 0 Å². The van der Waals surface area contributed by atoms with E-state index in [1.807, 2.05) is 12.1 Å². The van der Waals surface area contributed by atoms with Gasteiger partial charge in [-0.2, -0.15) is 0 Å². The number of rotatable bonds is 3. The summed E-state index contributed by atoms with van der Waals surface area (Å²) in [6.45, 7) is 0.403. The van der Waals surface area contributed by atoms with E-state index >= 15 is 0 Å². The summed E-state index contributed by atoms with van der Waals surface area (Å²) in [5.74, 6) is 0.0304. The van der Waals surface area contributed by atoms with E-state index in [9.17, 15) is 4.79 Å². The fourth-order valence-electron chi connectivity index (χ4n) is 2.62. The molecule has 1 amide bonds. The molecule has 0 aromatic heterocycles. The van der Waals surface area contributed by atoms with Crippen LogP contribution in [0.3, 0.4) is 0 Å². The van der Waals surface area contributed by atoms with E-state index in [1.54, 1.807) is 11.9 Å². The Bertz CT molecular complexity index is 429. The van der Waals surface area contributed by atoms with Gasteiger partial charge in [0, 0.05) is 19.2 Å². The summed E-state index contributed by atoms with van der Waals surface area (Å²) in [7, 11) is 1.74. The van der Waals surface area contributed by atoms with Crippen LogP contribution in [0, 0.1) is 0 Å². The maximum absolute atomic E-state index is 12.3. The molecular weight excluding hydrogens is 226 g/mol. The molecule has 0 saturated carbocycles. The number of benzene rings is 1. The molecule has 1 aromatic rings. The standard InChI is InChI=1S/C15H21NO2/c1-16(10-11-17)15(18)14-9-5-7-12-6-3-2-4-8-13(12)14/h5,7,9,17H,2-4,6,8,10-11H2,1H3. The van der Waals surface area contributed by atoms with Gasteiger partial charge in [-0.15, -0.1) is 0 Å². The maximum atomic E-state index is 12.3. The zero-order valence-electron chi connectivity index (χ0n) is 11.0. The summed E-state index contributed by atoms with van der Waals surface area (Å²) in [4.78, 5) is 13.9. The predicted octanol–water partition coefficient (Wildman–Crippen LogP) is 2.02. The van der Waals surface area contributed by atoms with Gasteiger partial charge in [0.25, 0.3) is 5.91 Å². The lowest BCUT2D eigenvalue weighted by atomic mass is 9.96. The molecule has 0 radical (unpaired) electrons. The quantitative estimate of drug-likeness (QED) is 0.830. The number of carbonyl (C=O) groups excluding carboxylic acids is 1. The molecule has 0 spiro atoms. The lowest BCUT2D eigenvalue weighted by molar-refractivity contribution is 0.0765. The first-order valence-corrected chi connectivity index (χ1v) is 6.71. The van der Waals surface area contributed by atoms with Crippen molar-refractivity contribution < 1.29 is 9.90 Å². The normalized spacial score (nSPS) is 14.8. The minimum Gasteiger partial charge on any atom is -0.395 e. The smallest absolute Gasteiger partial charge is 0.253 e. The third kappa shape index (κ3) is 2.72. The number of amides is 1. The number of aryl methyl sites for hydroxylation is 1. The molecule has 2 rings (SSSR count). The minimum absolute atomic E-state index is 0.0112. The summed E-state index contributed by atoms with van der Waals surface area (Å²) in [6, 6.07) is 6.04. The van der Waals surface area contributed by atoms with E-state index in [2.05, 4.69) is 6.07 Å². The zero-order valence-corrected chi connectivity index (χ0v) is 11.0. The van der Waals surface area contributed by atoms with Crippen molar-refractivity contribution in [3.63, 3.8) is 0 Å². The van der Waals surface area contributed by atoms with Gasteiger partial charge in [-0.1, -0.05) is 18.6 Å². The Morgan fingerprint density at radius 3 is 2.83 bits per heavy atom. The van der Waals surface area contributed by atoms with Gasteiger partial charge in [0.15, 0.2) is 0 Å². The number of aliphatic hydroxyl groups excluding tert-OH is 1. The van der Waals surface area contributed by atoms with Crippen molar-refractivity contribution in [1.82, 2.24) is 4.90 Å². The van der Waals surface area contributed by atoms with Crippen LogP contribution in [-0.2, 0) is 12.8 Å². The second-order valence-electron chi connectivity index (χ2n) is 4.95. The molecule has 3 nitrogen and oxygen atoms in total. The van der Waals surface area contributed by atoms with E-state index in [0.29, 0.717) is 6.54 Å². The van der Waals surface area contributed by atoms with Gasteiger partial charge in [0.1, 0.15) is 0 Å². The van der Waals surface area contributed by atoms with Gasteiger partial charge in [0.05, 0.1) is 6.61 Å².